The number of rotatable bonds is 5. The summed E-state index contributed by atoms with van der Waals surface area (Å²) in [6.45, 7) is 0.525. The molecule has 0 aliphatic carbocycles. The van der Waals surface area contributed by atoms with Crippen LogP contribution < -0.4 is 15.0 Å². The highest BCUT2D eigenvalue weighted by Crippen LogP contribution is 2.31. The average molecular weight is 376 g/mol. The third-order valence-corrected chi connectivity index (χ3v) is 4.58. The van der Waals surface area contributed by atoms with Crippen LogP contribution in [0.5, 0.6) is 5.75 Å². The smallest absolute Gasteiger partial charge is 0.293 e. The van der Waals surface area contributed by atoms with Crippen LogP contribution in [0, 0.1) is 0 Å². The van der Waals surface area contributed by atoms with Crippen molar-refractivity contribution >= 4 is 23.2 Å². The van der Waals surface area contributed by atoms with Gasteiger partial charge in [0.15, 0.2) is 12.4 Å². The van der Waals surface area contributed by atoms with Gasteiger partial charge in [-0.15, -0.1) is 0 Å². The lowest BCUT2D eigenvalue weighted by molar-refractivity contribution is -0.118. The monoisotopic (exact) mass is 376 g/mol. The summed E-state index contributed by atoms with van der Waals surface area (Å²) in [6, 6.07) is 18.2. The van der Waals surface area contributed by atoms with E-state index in [9.17, 15) is 9.59 Å². The van der Waals surface area contributed by atoms with E-state index in [4.69, 9.17) is 9.15 Å². The van der Waals surface area contributed by atoms with Crippen molar-refractivity contribution in [3.8, 4) is 5.75 Å². The van der Waals surface area contributed by atoms with Crippen molar-refractivity contribution < 1.29 is 18.7 Å². The quantitative estimate of drug-likeness (QED) is 0.733. The maximum atomic E-state index is 12.7. The molecule has 2 aromatic carbocycles. The molecular formula is C22H20N2O4. The molecule has 0 fully saturated rings. The molecule has 1 aliphatic heterocycles. The Balaban J connectivity index is 1.47. The van der Waals surface area contributed by atoms with Crippen molar-refractivity contribution in [2.75, 3.05) is 23.4 Å². The zero-order valence-corrected chi connectivity index (χ0v) is 15.3. The number of ether oxygens (including phenoxy) is 1. The Hall–Kier alpha value is -3.54. The van der Waals surface area contributed by atoms with Gasteiger partial charge in [0.05, 0.1) is 6.26 Å². The molecule has 0 saturated heterocycles. The van der Waals surface area contributed by atoms with E-state index in [0.29, 0.717) is 23.7 Å². The van der Waals surface area contributed by atoms with Crippen molar-refractivity contribution in [3.63, 3.8) is 0 Å². The summed E-state index contributed by atoms with van der Waals surface area (Å²) in [6.07, 6.45) is 3.26. The topological polar surface area (TPSA) is 71.8 Å². The summed E-state index contributed by atoms with van der Waals surface area (Å²) >= 11 is 0. The Morgan fingerprint density at radius 3 is 2.71 bits per heavy atom. The first kappa shape index (κ1) is 17.9. The van der Waals surface area contributed by atoms with Gasteiger partial charge >= 0.3 is 0 Å². The lowest BCUT2D eigenvalue weighted by Crippen LogP contribution is -2.35. The lowest BCUT2D eigenvalue weighted by atomic mass is 10.0. The van der Waals surface area contributed by atoms with Crippen LogP contribution in [0.3, 0.4) is 0 Å². The van der Waals surface area contributed by atoms with E-state index < -0.39 is 0 Å². The molecule has 28 heavy (non-hydrogen) atoms. The Labute approximate surface area is 162 Å². The average Bonchev–Trinajstić information content (AvgIpc) is 3.27. The summed E-state index contributed by atoms with van der Waals surface area (Å²) in [4.78, 5) is 26.7. The Morgan fingerprint density at radius 1 is 1.07 bits per heavy atom. The number of anilines is 2. The molecule has 6 heteroatoms. The van der Waals surface area contributed by atoms with E-state index >= 15 is 0 Å². The molecule has 1 N–H and O–H groups in total. The number of nitrogens with one attached hydrogen (secondary N) is 1. The first-order valence-electron chi connectivity index (χ1n) is 9.17. The molecule has 2 heterocycles. The molecule has 3 aromatic rings. The highest BCUT2D eigenvalue weighted by atomic mass is 16.5. The SMILES string of the molecule is O=C(COc1ccccc1)Nc1ccc2c(c1)N(C(=O)c1ccco1)CCC2. The number of carbonyl (C=O) groups excluding carboxylic acids is 2. The zero-order valence-electron chi connectivity index (χ0n) is 15.3. The zero-order chi connectivity index (χ0) is 19.3. The molecular weight excluding hydrogens is 356 g/mol. The van der Waals surface area contributed by atoms with Gasteiger partial charge < -0.3 is 19.4 Å². The van der Waals surface area contributed by atoms with Crippen molar-refractivity contribution in [1.82, 2.24) is 0 Å². The number of amides is 2. The lowest BCUT2D eigenvalue weighted by Gasteiger charge is -2.29. The van der Waals surface area contributed by atoms with E-state index in [1.807, 2.05) is 36.4 Å². The largest absolute Gasteiger partial charge is 0.484 e. The van der Waals surface area contributed by atoms with Crippen LogP contribution in [0.2, 0.25) is 0 Å². The minimum Gasteiger partial charge on any atom is -0.484 e. The molecule has 0 atom stereocenters. The number of hydrogen-bond acceptors (Lipinski definition) is 4. The maximum absolute atomic E-state index is 12.7. The van der Waals surface area contributed by atoms with E-state index in [2.05, 4.69) is 5.32 Å². The molecule has 2 amide bonds. The molecule has 0 radical (unpaired) electrons. The minimum atomic E-state index is -0.261. The Morgan fingerprint density at radius 2 is 1.93 bits per heavy atom. The van der Waals surface area contributed by atoms with Gasteiger partial charge in [0.25, 0.3) is 11.8 Å². The van der Waals surface area contributed by atoms with Crippen molar-refractivity contribution in [2.24, 2.45) is 0 Å². The third-order valence-electron chi connectivity index (χ3n) is 4.58. The number of furan rings is 1. The predicted octanol–water partition coefficient (Wildman–Crippen LogP) is 3.89. The second-order valence-electron chi connectivity index (χ2n) is 6.53. The highest BCUT2D eigenvalue weighted by Gasteiger charge is 2.25. The van der Waals surface area contributed by atoms with Crippen LogP contribution in [0.1, 0.15) is 22.5 Å². The molecule has 0 spiro atoms. The Bertz CT molecular complexity index is 967. The third kappa shape index (κ3) is 3.91. The molecule has 0 bridgehead atoms. The molecule has 0 saturated carbocycles. The van der Waals surface area contributed by atoms with E-state index in [0.717, 1.165) is 24.1 Å². The van der Waals surface area contributed by atoms with Gasteiger partial charge in [0, 0.05) is 17.9 Å². The number of fused-ring (bicyclic) bond motifs is 1. The number of carbonyl (C=O) groups is 2. The first-order chi connectivity index (χ1) is 13.7. The standard InChI is InChI=1S/C22H20N2O4/c25-21(15-28-18-7-2-1-3-8-18)23-17-11-10-16-6-4-12-24(19(16)14-17)22(26)20-9-5-13-27-20/h1-3,5,7-11,13-14H,4,6,12,15H2,(H,23,25). The van der Waals surface area contributed by atoms with Crippen LogP contribution in [0.4, 0.5) is 11.4 Å². The summed E-state index contributed by atoms with van der Waals surface area (Å²) in [7, 11) is 0. The van der Waals surface area contributed by atoms with Gasteiger partial charge in [-0.3, -0.25) is 9.59 Å². The molecule has 4 rings (SSSR count). The summed E-state index contributed by atoms with van der Waals surface area (Å²) in [5.74, 6) is 0.502. The van der Waals surface area contributed by atoms with Crippen molar-refractivity contribution in [3.05, 3.63) is 78.3 Å². The number of para-hydroxylation sites is 1. The van der Waals surface area contributed by atoms with Crippen LogP contribution in [0.15, 0.2) is 71.3 Å². The normalized spacial score (nSPS) is 12.9. The molecule has 0 unspecified atom stereocenters. The van der Waals surface area contributed by atoms with Gasteiger partial charge in [-0.05, 0) is 54.8 Å². The molecule has 142 valence electrons. The second-order valence-corrected chi connectivity index (χ2v) is 6.53. The number of hydrogen-bond donors (Lipinski definition) is 1. The number of aryl methyl sites for hydroxylation is 1. The van der Waals surface area contributed by atoms with E-state index in [1.165, 1.54) is 6.26 Å². The van der Waals surface area contributed by atoms with Crippen LogP contribution in [-0.4, -0.2) is 25.0 Å². The fraction of sp³-hybridized carbons (Fsp3) is 0.182. The summed E-state index contributed by atoms with van der Waals surface area (Å²) < 4.78 is 10.7. The maximum Gasteiger partial charge on any atom is 0.293 e. The van der Waals surface area contributed by atoms with Crippen LogP contribution in [-0.2, 0) is 11.2 Å². The molecule has 1 aliphatic rings. The van der Waals surface area contributed by atoms with Gasteiger partial charge in [-0.25, -0.2) is 0 Å². The highest BCUT2D eigenvalue weighted by molar-refractivity contribution is 6.05. The van der Waals surface area contributed by atoms with Crippen molar-refractivity contribution in [2.45, 2.75) is 12.8 Å². The number of nitrogens with zero attached hydrogens (tertiary/aromatic N) is 1. The van der Waals surface area contributed by atoms with E-state index in [-0.39, 0.29) is 18.4 Å². The van der Waals surface area contributed by atoms with Crippen molar-refractivity contribution in [1.29, 1.82) is 0 Å². The van der Waals surface area contributed by atoms with Crippen LogP contribution in [0.25, 0.3) is 0 Å². The molecule has 1 aromatic heterocycles. The summed E-state index contributed by atoms with van der Waals surface area (Å²) in [5, 5.41) is 2.83. The minimum absolute atomic E-state index is 0.0872. The second kappa shape index (κ2) is 8.00. The predicted molar refractivity (Wildman–Crippen MR) is 106 cm³/mol. The number of benzene rings is 2. The molecule has 6 nitrogen and oxygen atoms in total. The van der Waals surface area contributed by atoms with Gasteiger partial charge in [0.1, 0.15) is 5.75 Å². The van der Waals surface area contributed by atoms with Gasteiger partial charge in [-0.1, -0.05) is 24.3 Å². The fourth-order valence-corrected chi connectivity index (χ4v) is 3.26. The van der Waals surface area contributed by atoms with E-state index in [1.54, 1.807) is 29.2 Å². The first-order valence-corrected chi connectivity index (χ1v) is 9.17. The van der Waals surface area contributed by atoms with Gasteiger partial charge in [-0.2, -0.15) is 0 Å². The summed E-state index contributed by atoms with van der Waals surface area (Å²) in [5.41, 5.74) is 2.50. The van der Waals surface area contributed by atoms with Gasteiger partial charge in [0.2, 0.25) is 0 Å². The Kier molecular flexibility index (Phi) is 5.10. The fourth-order valence-electron chi connectivity index (χ4n) is 3.26. The van der Waals surface area contributed by atoms with Crippen LogP contribution >= 0.6 is 0 Å².